The molecule has 0 spiro atoms. The van der Waals surface area contributed by atoms with Crippen LogP contribution >= 0.6 is 0 Å². The molecule has 0 saturated carbocycles. The Hall–Kier alpha value is -3.11. The van der Waals surface area contributed by atoms with Crippen molar-refractivity contribution in [1.82, 2.24) is 5.06 Å². The van der Waals surface area contributed by atoms with Crippen LogP contribution < -0.4 is 0 Å². The van der Waals surface area contributed by atoms with Gasteiger partial charge in [0.1, 0.15) is 5.60 Å². The molecule has 1 saturated heterocycles. The summed E-state index contributed by atoms with van der Waals surface area (Å²) in [6, 6.07) is 26.1. The summed E-state index contributed by atoms with van der Waals surface area (Å²) in [4.78, 5) is 18.0. The smallest absolute Gasteiger partial charge is 0.427 e. The van der Waals surface area contributed by atoms with Crippen molar-refractivity contribution in [3.05, 3.63) is 95.1 Å². The van der Waals surface area contributed by atoms with Crippen molar-refractivity contribution in [3.63, 3.8) is 0 Å². The molecule has 1 aliphatic heterocycles. The third kappa shape index (κ3) is 5.87. The Kier molecular flexibility index (Phi) is 7.08. The first-order valence-corrected chi connectivity index (χ1v) is 12.1. The van der Waals surface area contributed by atoms with Crippen LogP contribution in [0.2, 0.25) is 0 Å². The van der Waals surface area contributed by atoms with Gasteiger partial charge in [-0.25, -0.2) is 4.79 Å². The molecule has 4 nitrogen and oxygen atoms in total. The number of aryl methyl sites for hydroxylation is 2. The lowest BCUT2D eigenvalue weighted by Gasteiger charge is -2.38. The SMILES string of the molecule is Cc1ccc(C)c(-c2cccc([C@H]3CN(OC(=O)OC(C)(C)C)CC[C@H]3c3ccccc3)c2)c1. The third-order valence-electron chi connectivity index (χ3n) is 6.42. The second-order valence-electron chi connectivity index (χ2n) is 10.3. The van der Waals surface area contributed by atoms with Gasteiger partial charge in [-0.2, -0.15) is 0 Å². The summed E-state index contributed by atoms with van der Waals surface area (Å²) in [6.07, 6.45) is 0.249. The van der Waals surface area contributed by atoms with Crippen LogP contribution in [0.1, 0.15) is 61.3 Å². The predicted molar refractivity (Wildman–Crippen MR) is 137 cm³/mol. The average Bonchev–Trinajstić information content (AvgIpc) is 2.80. The third-order valence-corrected chi connectivity index (χ3v) is 6.42. The van der Waals surface area contributed by atoms with Crippen molar-refractivity contribution >= 4 is 6.16 Å². The molecule has 0 N–H and O–H groups in total. The molecule has 0 aliphatic carbocycles. The van der Waals surface area contributed by atoms with Gasteiger partial charge in [0, 0.05) is 19.0 Å². The number of hydrogen-bond donors (Lipinski definition) is 0. The normalized spacial score (nSPS) is 19.0. The van der Waals surface area contributed by atoms with E-state index < -0.39 is 11.8 Å². The Morgan fingerprint density at radius 2 is 1.62 bits per heavy atom. The minimum absolute atomic E-state index is 0.184. The van der Waals surface area contributed by atoms with Crippen LogP contribution in [0, 0.1) is 13.8 Å². The van der Waals surface area contributed by atoms with Crippen molar-refractivity contribution < 1.29 is 14.4 Å². The van der Waals surface area contributed by atoms with Crippen LogP contribution in [-0.4, -0.2) is 29.9 Å². The van der Waals surface area contributed by atoms with Crippen LogP contribution in [0.3, 0.4) is 0 Å². The first-order chi connectivity index (χ1) is 16.2. The number of ether oxygens (including phenoxy) is 1. The fraction of sp³-hybridized carbons (Fsp3) is 0.367. The van der Waals surface area contributed by atoms with E-state index in [2.05, 4.69) is 86.6 Å². The first-order valence-electron chi connectivity index (χ1n) is 12.1. The van der Waals surface area contributed by atoms with E-state index in [0.29, 0.717) is 19.0 Å². The predicted octanol–water partition coefficient (Wildman–Crippen LogP) is 7.41. The molecule has 4 rings (SSSR count). The fourth-order valence-electron chi connectivity index (χ4n) is 4.80. The molecule has 0 amide bonds. The van der Waals surface area contributed by atoms with Gasteiger partial charge in [-0.05, 0) is 74.8 Å². The molecule has 1 fully saturated rings. The first kappa shape index (κ1) is 24.0. The molecule has 178 valence electrons. The van der Waals surface area contributed by atoms with Crippen LogP contribution in [0.25, 0.3) is 11.1 Å². The van der Waals surface area contributed by atoms with Gasteiger partial charge < -0.3 is 9.57 Å². The van der Waals surface area contributed by atoms with Gasteiger partial charge in [-0.1, -0.05) is 78.4 Å². The summed E-state index contributed by atoms with van der Waals surface area (Å²) in [5, 5.41) is 1.77. The summed E-state index contributed by atoms with van der Waals surface area (Å²) >= 11 is 0. The van der Waals surface area contributed by atoms with Crippen LogP contribution in [0.5, 0.6) is 0 Å². The van der Waals surface area contributed by atoms with Crippen molar-refractivity contribution in [3.8, 4) is 11.1 Å². The molecule has 4 heteroatoms. The molecule has 0 aromatic heterocycles. The topological polar surface area (TPSA) is 38.8 Å². The zero-order valence-electron chi connectivity index (χ0n) is 20.9. The summed E-state index contributed by atoms with van der Waals surface area (Å²) < 4.78 is 5.39. The number of piperidine rings is 1. The molecular formula is C30H35NO3. The van der Waals surface area contributed by atoms with Crippen LogP contribution in [0.15, 0.2) is 72.8 Å². The van der Waals surface area contributed by atoms with Crippen LogP contribution in [-0.2, 0) is 9.57 Å². The zero-order chi connectivity index (χ0) is 24.3. The van der Waals surface area contributed by atoms with Gasteiger partial charge in [0.25, 0.3) is 0 Å². The summed E-state index contributed by atoms with van der Waals surface area (Å²) in [5.74, 6) is 0.525. The van der Waals surface area contributed by atoms with Gasteiger partial charge >= 0.3 is 6.16 Å². The highest BCUT2D eigenvalue weighted by molar-refractivity contribution is 5.68. The number of carbonyl (C=O) groups is 1. The molecule has 0 bridgehead atoms. The van der Waals surface area contributed by atoms with Gasteiger partial charge in [-0.15, -0.1) is 5.06 Å². The van der Waals surface area contributed by atoms with Crippen molar-refractivity contribution in [2.75, 3.05) is 13.1 Å². The fourth-order valence-corrected chi connectivity index (χ4v) is 4.80. The number of hydrogen-bond acceptors (Lipinski definition) is 4. The van der Waals surface area contributed by atoms with Crippen molar-refractivity contribution in [2.45, 2.75) is 58.5 Å². The minimum atomic E-state index is -0.645. The Balaban J connectivity index is 1.65. The molecule has 3 aromatic rings. The molecular weight excluding hydrogens is 422 g/mol. The van der Waals surface area contributed by atoms with Gasteiger partial charge in [0.15, 0.2) is 0 Å². The van der Waals surface area contributed by atoms with Crippen molar-refractivity contribution in [1.29, 1.82) is 0 Å². The van der Waals surface area contributed by atoms with Crippen molar-refractivity contribution in [2.24, 2.45) is 0 Å². The highest BCUT2D eigenvalue weighted by Crippen LogP contribution is 2.41. The maximum atomic E-state index is 12.3. The quantitative estimate of drug-likeness (QED) is 0.382. The number of rotatable bonds is 4. The molecule has 34 heavy (non-hydrogen) atoms. The molecule has 0 unspecified atom stereocenters. The Bertz CT molecular complexity index is 1130. The highest BCUT2D eigenvalue weighted by atomic mass is 16.8. The largest absolute Gasteiger partial charge is 0.528 e. The van der Waals surface area contributed by atoms with Crippen LogP contribution in [0.4, 0.5) is 4.79 Å². The van der Waals surface area contributed by atoms with E-state index in [1.165, 1.54) is 33.4 Å². The second kappa shape index (κ2) is 10.0. The zero-order valence-corrected chi connectivity index (χ0v) is 20.9. The van der Waals surface area contributed by atoms with Gasteiger partial charge in [0.05, 0.1) is 0 Å². The molecule has 3 aromatic carbocycles. The maximum Gasteiger partial charge on any atom is 0.528 e. The lowest BCUT2D eigenvalue weighted by Crippen LogP contribution is -2.40. The maximum absolute atomic E-state index is 12.3. The number of benzene rings is 3. The number of carbonyl (C=O) groups excluding carboxylic acids is 1. The number of hydroxylamine groups is 2. The summed E-state index contributed by atoms with van der Waals surface area (Å²) in [7, 11) is 0. The molecule has 0 radical (unpaired) electrons. The monoisotopic (exact) mass is 457 g/mol. The summed E-state index contributed by atoms with van der Waals surface area (Å²) in [6.45, 7) is 11.1. The Morgan fingerprint density at radius 3 is 2.35 bits per heavy atom. The lowest BCUT2D eigenvalue weighted by molar-refractivity contribution is -0.155. The van der Waals surface area contributed by atoms with E-state index in [4.69, 9.17) is 9.57 Å². The number of nitrogens with zero attached hydrogens (tertiary/aromatic N) is 1. The van der Waals surface area contributed by atoms with Gasteiger partial charge in [0.2, 0.25) is 0 Å². The van der Waals surface area contributed by atoms with E-state index in [-0.39, 0.29) is 5.92 Å². The minimum Gasteiger partial charge on any atom is -0.427 e. The molecule has 2 atom stereocenters. The average molecular weight is 458 g/mol. The lowest BCUT2D eigenvalue weighted by atomic mass is 9.76. The highest BCUT2D eigenvalue weighted by Gasteiger charge is 2.34. The van der Waals surface area contributed by atoms with E-state index in [0.717, 1.165) is 6.42 Å². The Morgan fingerprint density at radius 1 is 0.882 bits per heavy atom. The Labute approximate surface area is 203 Å². The second-order valence-corrected chi connectivity index (χ2v) is 10.3. The van der Waals surface area contributed by atoms with E-state index in [1.807, 2.05) is 20.8 Å². The molecule has 1 aliphatic rings. The molecule has 1 heterocycles. The van der Waals surface area contributed by atoms with Gasteiger partial charge in [-0.3, -0.25) is 0 Å². The summed E-state index contributed by atoms with van der Waals surface area (Å²) in [5.41, 5.74) is 6.99. The van der Waals surface area contributed by atoms with E-state index in [1.54, 1.807) is 5.06 Å². The van der Waals surface area contributed by atoms with E-state index in [9.17, 15) is 4.79 Å². The van der Waals surface area contributed by atoms with E-state index >= 15 is 0 Å². The standard InChI is InChI=1S/C30H35NO3/c1-21-14-15-22(2)27(18-21)24-12-9-13-25(19-24)28-20-31(34-29(32)33-30(3,4)5)17-16-26(28)23-10-7-6-8-11-23/h6-15,18-19,26,28H,16-17,20H2,1-5H3/t26-,28+/m0/s1.